The van der Waals surface area contributed by atoms with Gasteiger partial charge in [0.1, 0.15) is 12.8 Å². The molecule has 0 rings (SSSR count). The maximum absolute atomic E-state index is 10.5. The van der Waals surface area contributed by atoms with E-state index in [0.29, 0.717) is 0 Å². The van der Waals surface area contributed by atoms with Crippen LogP contribution in [0.15, 0.2) is 0 Å². The number of carbonyl (C=O) groups is 2. The third-order valence-electron chi connectivity index (χ3n) is 0.911. The first kappa shape index (κ1) is 11.9. The quantitative estimate of drug-likeness (QED) is 0.462. The number of rotatable bonds is 4. The van der Waals surface area contributed by atoms with E-state index in [1.54, 1.807) is 0 Å². The molecule has 0 aliphatic rings. The number of nitrogens with zero attached hydrogens (tertiary/aromatic N) is 2. The van der Waals surface area contributed by atoms with E-state index in [1.807, 2.05) is 0 Å². The summed E-state index contributed by atoms with van der Waals surface area (Å²) < 4.78 is 8.10. The van der Waals surface area contributed by atoms with Crippen molar-refractivity contribution in [2.45, 2.75) is 19.3 Å². The summed E-state index contributed by atoms with van der Waals surface area (Å²) in [6.07, 6.45) is -1.13. The van der Waals surface area contributed by atoms with Crippen LogP contribution in [0, 0.1) is 22.7 Å². The zero-order valence-corrected chi connectivity index (χ0v) is 6.97. The van der Waals surface area contributed by atoms with E-state index in [9.17, 15) is 9.59 Å². The Morgan fingerprint density at radius 3 is 1.79 bits per heavy atom. The zero-order chi connectivity index (χ0) is 11.0. The van der Waals surface area contributed by atoms with Crippen LogP contribution in [0.4, 0.5) is 0 Å². The molecule has 0 saturated carbocycles. The van der Waals surface area contributed by atoms with Crippen LogP contribution in [0.5, 0.6) is 0 Å². The second-order valence-corrected chi connectivity index (χ2v) is 1.96. The second kappa shape index (κ2) is 6.40. The number of hydrogen-bond donors (Lipinski definition) is 1. The van der Waals surface area contributed by atoms with Gasteiger partial charge in [-0.15, -0.1) is 0 Å². The first-order valence-electron chi connectivity index (χ1n) is 3.41. The monoisotopic (exact) mass is 198 g/mol. The summed E-state index contributed by atoms with van der Waals surface area (Å²) in [6, 6.07) is 2.95. The van der Waals surface area contributed by atoms with Crippen molar-refractivity contribution in [3.8, 4) is 12.1 Å². The number of nitriles is 2. The Balaban J connectivity index is 3.82. The fourth-order valence-corrected chi connectivity index (χ4v) is 0.461. The highest BCUT2D eigenvalue weighted by Gasteiger charge is 2.14. The molecule has 0 amide bonds. The minimum atomic E-state index is -2.07. The van der Waals surface area contributed by atoms with Gasteiger partial charge in [0.15, 0.2) is 0 Å². The molecule has 0 bridgehead atoms. The van der Waals surface area contributed by atoms with Crippen LogP contribution in [0.25, 0.3) is 0 Å². The summed E-state index contributed by atoms with van der Waals surface area (Å²) in [7, 11) is 0. The van der Waals surface area contributed by atoms with E-state index in [0.717, 1.165) is 0 Å². The first-order chi connectivity index (χ1) is 6.60. The van der Waals surface area contributed by atoms with Gasteiger partial charge in [-0.05, 0) is 0 Å². The highest BCUT2D eigenvalue weighted by atomic mass is 16.8. The maximum Gasteiger partial charge on any atom is 0.362 e. The average Bonchev–Trinajstić information content (AvgIpc) is 2.03. The lowest BCUT2D eigenvalue weighted by atomic mass is 10.5. The molecule has 0 atom stereocenters. The second-order valence-electron chi connectivity index (χ2n) is 1.96. The number of carbonyl (C=O) groups excluding carboxylic acids is 2. The molecular weight excluding hydrogens is 192 g/mol. The molecule has 0 heterocycles. The van der Waals surface area contributed by atoms with E-state index >= 15 is 0 Å². The predicted molar refractivity (Wildman–Crippen MR) is 38.7 cm³/mol. The molecule has 7 heteroatoms. The molecule has 0 aliphatic heterocycles. The SMILES string of the molecule is N#CCC(=O)OC(O)OC(=O)CC#N. The van der Waals surface area contributed by atoms with E-state index < -0.39 is 31.3 Å². The van der Waals surface area contributed by atoms with Crippen LogP contribution in [-0.4, -0.2) is 23.5 Å². The lowest BCUT2D eigenvalue weighted by molar-refractivity contribution is -0.245. The van der Waals surface area contributed by atoms with E-state index in [1.165, 1.54) is 12.1 Å². The van der Waals surface area contributed by atoms with Gasteiger partial charge in [0.2, 0.25) is 0 Å². The van der Waals surface area contributed by atoms with Gasteiger partial charge in [-0.25, -0.2) is 0 Å². The maximum atomic E-state index is 10.5. The molecule has 0 radical (unpaired) electrons. The lowest BCUT2D eigenvalue weighted by Crippen LogP contribution is -2.23. The van der Waals surface area contributed by atoms with Crippen LogP contribution < -0.4 is 0 Å². The molecule has 7 nitrogen and oxygen atoms in total. The minimum Gasteiger partial charge on any atom is -0.400 e. The number of hydrogen-bond acceptors (Lipinski definition) is 7. The van der Waals surface area contributed by atoms with Crippen LogP contribution >= 0.6 is 0 Å². The summed E-state index contributed by atoms with van der Waals surface area (Å²) in [4.78, 5) is 21.1. The average molecular weight is 198 g/mol. The number of aliphatic hydroxyl groups is 1. The Labute approximate surface area is 79.1 Å². The van der Waals surface area contributed by atoms with Crippen molar-refractivity contribution in [1.29, 1.82) is 10.5 Å². The van der Waals surface area contributed by atoms with Gasteiger partial charge in [0.05, 0.1) is 12.1 Å². The van der Waals surface area contributed by atoms with Crippen molar-refractivity contribution >= 4 is 11.9 Å². The molecule has 0 spiro atoms. The molecule has 0 aromatic rings. The molecule has 0 aromatic carbocycles. The van der Waals surface area contributed by atoms with Crippen molar-refractivity contribution in [1.82, 2.24) is 0 Å². The molecule has 14 heavy (non-hydrogen) atoms. The van der Waals surface area contributed by atoms with Gasteiger partial charge in [-0.3, -0.25) is 9.59 Å². The summed E-state index contributed by atoms with van der Waals surface area (Å²) in [5.74, 6) is -2.05. The van der Waals surface area contributed by atoms with Gasteiger partial charge in [-0.2, -0.15) is 10.5 Å². The van der Waals surface area contributed by atoms with Crippen molar-refractivity contribution in [2.24, 2.45) is 0 Å². The normalized spacial score (nSPS) is 8.57. The Hall–Kier alpha value is -2.12. The highest BCUT2D eigenvalue weighted by molar-refractivity contribution is 5.73. The lowest BCUT2D eigenvalue weighted by Gasteiger charge is -2.09. The third-order valence-corrected chi connectivity index (χ3v) is 0.911. The highest BCUT2D eigenvalue weighted by Crippen LogP contribution is 1.96. The summed E-state index contributed by atoms with van der Waals surface area (Å²) in [5, 5.41) is 24.8. The Kier molecular flexibility index (Phi) is 5.43. The Bertz CT molecular complexity index is 270. The predicted octanol–water partition coefficient (Wildman–Crippen LogP) is -0.824. The topological polar surface area (TPSA) is 120 Å². The fourth-order valence-electron chi connectivity index (χ4n) is 0.461. The summed E-state index contributed by atoms with van der Waals surface area (Å²) in [6.45, 7) is -2.07. The number of ether oxygens (including phenoxy) is 2. The van der Waals surface area contributed by atoms with Crippen molar-refractivity contribution in [2.75, 3.05) is 0 Å². The van der Waals surface area contributed by atoms with E-state index in [-0.39, 0.29) is 0 Å². The number of aliphatic hydroxyl groups excluding tert-OH is 1. The van der Waals surface area contributed by atoms with Crippen molar-refractivity contribution in [3.05, 3.63) is 0 Å². The van der Waals surface area contributed by atoms with Crippen LogP contribution in [0.3, 0.4) is 0 Å². The Morgan fingerprint density at radius 2 is 1.50 bits per heavy atom. The molecule has 74 valence electrons. The van der Waals surface area contributed by atoms with Gasteiger partial charge in [-0.1, -0.05) is 0 Å². The van der Waals surface area contributed by atoms with Gasteiger partial charge in [0.25, 0.3) is 0 Å². The minimum absolute atomic E-state index is 0.563. The smallest absolute Gasteiger partial charge is 0.362 e. The van der Waals surface area contributed by atoms with Crippen molar-refractivity contribution in [3.63, 3.8) is 0 Å². The van der Waals surface area contributed by atoms with Crippen LogP contribution in [-0.2, 0) is 19.1 Å². The number of esters is 2. The summed E-state index contributed by atoms with van der Waals surface area (Å²) >= 11 is 0. The van der Waals surface area contributed by atoms with Gasteiger partial charge < -0.3 is 14.6 Å². The molecule has 0 aromatic heterocycles. The largest absolute Gasteiger partial charge is 0.400 e. The third kappa shape index (κ3) is 5.52. The van der Waals surface area contributed by atoms with Gasteiger partial charge >= 0.3 is 18.4 Å². The van der Waals surface area contributed by atoms with E-state index in [2.05, 4.69) is 9.47 Å². The molecule has 0 aliphatic carbocycles. The van der Waals surface area contributed by atoms with Gasteiger partial charge in [0, 0.05) is 0 Å². The fraction of sp³-hybridized carbons (Fsp3) is 0.429. The molecule has 0 saturated heterocycles. The molecule has 0 unspecified atom stereocenters. The summed E-state index contributed by atoms with van der Waals surface area (Å²) in [5.41, 5.74) is 0. The zero-order valence-electron chi connectivity index (χ0n) is 6.97. The van der Waals surface area contributed by atoms with Crippen LogP contribution in [0.2, 0.25) is 0 Å². The van der Waals surface area contributed by atoms with E-state index in [4.69, 9.17) is 15.6 Å². The van der Waals surface area contributed by atoms with Crippen molar-refractivity contribution < 1.29 is 24.2 Å². The first-order valence-corrected chi connectivity index (χ1v) is 3.41. The molecular formula is C7H6N2O5. The molecule has 1 N–H and O–H groups in total. The van der Waals surface area contributed by atoms with Crippen LogP contribution in [0.1, 0.15) is 12.8 Å². The molecule has 0 fully saturated rings. The Morgan fingerprint density at radius 1 is 1.14 bits per heavy atom. The standard InChI is InChI=1S/C7H6N2O5/c8-3-1-5(10)13-7(12)14-6(11)2-4-9/h7,12H,1-2H2.